The van der Waals surface area contributed by atoms with Gasteiger partial charge in [-0.25, -0.2) is 5.43 Å². The minimum Gasteiger partial charge on any atom is -0.497 e. The van der Waals surface area contributed by atoms with Gasteiger partial charge in [0.1, 0.15) is 11.4 Å². The molecule has 0 atom stereocenters. The van der Waals surface area contributed by atoms with Gasteiger partial charge in [-0.3, -0.25) is 9.89 Å². The van der Waals surface area contributed by atoms with Gasteiger partial charge in [0.15, 0.2) is 0 Å². The molecule has 3 aromatic rings. The predicted octanol–water partition coefficient (Wildman–Crippen LogP) is 2.91. The molecule has 2 N–H and O–H groups in total. The third-order valence-electron chi connectivity index (χ3n) is 3.09. The highest BCUT2D eigenvalue weighted by molar-refractivity contribution is 7.11. The van der Waals surface area contributed by atoms with Crippen molar-refractivity contribution in [3.05, 3.63) is 58.4 Å². The first kappa shape index (κ1) is 15.0. The van der Waals surface area contributed by atoms with Crippen LogP contribution in [0.15, 0.2) is 52.9 Å². The van der Waals surface area contributed by atoms with Crippen LogP contribution in [0.3, 0.4) is 0 Å². The van der Waals surface area contributed by atoms with Crippen molar-refractivity contribution >= 4 is 23.5 Å². The number of hydrogen-bond acceptors (Lipinski definition) is 5. The van der Waals surface area contributed by atoms with Gasteiger partial charge < -0.3 is 4.74 Å². The van der Waals surface area contributed by atoms with E-state index in [4.69, 9.17) is 4.74 Å². The number of benzene rings is 1. The fourth-order valence-electron chi connectivity index (χ4n) is 1.95. The molecule has 1 aromatic carbocycles. The summed E-state index contributed by atoms with van der Waals surface area (Å²) in [7, 11) is 1.61. The van der Waals surface area contributed by atoms with E-state index in [0.717, 1.165) is 16.2 Å². The number of nitrogens with zero attached hydrogens (tertiary/aromatic N) is 2. The summed E-state index contributed by atoms with van der Waals surface area (Å²) >= 11 is 1.54. The molecule has 2 heterocycles. The van der Waals surface area contributed by atoms with Crippen LogP contribution in [-0.2, 0) is 0 Å². The van der Waals surface area contributed by atoms with Crippen LogP contribution in [0.2, 0.25) is 0 Å². The smallest absolute Gasteiger partial charge is 0.289 e. The van der Waals surface area contributed by atoms with Gasteiger partial charge in [-0.15, -0.1) is 11.3 Å². The Morgan fingerprint density at radius 1 is 1.35 bits per heavy atom. The Labute approximate surface area is 136 Å². The average molecular weight is 326 g/mol. The number of hydrazone groups is 1. The zero-order chi connectivity index (χ0) is 16.1. The minimum atomic E-state index is -0.348. The number of ether oxygens (including phenoxy) is 1. The number of aromatic amines is 1. The maximum Gasteiger partial charge on any atom is 0.289 e. The highest BCUT2D eigenvalue weighted by Crippen LogP contribution is 2.22. The molecule has 7 heteroatoms. The van der Waals surface area contributed by atoms with Crippen molar-refractivity contribution in [1.82, 2.24) is 15.6 Å². The van der Waals surface area contributed by atoms with Gasteiger partial charge in [0, 0.05) is 10.4 Å². The van der Waals surface area contributed by atoms with Crippen LogP contribution in [0.1, 0.15) is 15.4 Å². The number of thiophene rings is 1. The second-order valence-corrected chi connectivity index (χ2v) is 5.59. The van der Waals surface area contributed by atoms with Gasteiger partial charge in [-0.05, 0) is 29.6 Å². The quantitative estimate of drug-likeness (QED) is 0.559. The fourth-order valence-corrected chi connectivity index (χ4v) is 2.53. The zero-order valence-electron chi connectivity index (χ0n) is 12.3. The lowest BCUT2D eigenvalue weighted by atomic mass is 10.1. The molecule has 0 fully saturated rings. The summed E-state index contributed by atoms with van der Waals surface area (Å²) in [5.41, 5.74) is 4.33. The third-order valence-corrected chi connectivity index (χ3v) is 3.90. The van der Waals surface area contributed by atoms with Crippen LogP contribution in [-0.4, -0.2) is 29.4 Å². The number of rotatable bonds is 5. The first-order valence-electron chi connectivity index (χ1n) is 6.83. The van der Waals surface area contributed by atoms with Gasteiger partial charge in [0.2, 0.25) is 0 Å². The van der Waals surface area contributed by atoms with Crippen molar-refractivity contribution in [2.75, 3.05) is 7.11 Å². The summed E-state index contributed by atoms with van der Waals surface area (Å²) in [6.07, 6.45) is 1.60. The van der Waals surface area contributed by atoms with Gasteiger partial charge in [-0.2, -0.15) is 10.2 Å². The van der Waals surface area contributed by atoms with Crippen molar-refractivity contribution in [3.8, 4) is 17.0 Å². The van der Waals surface area contributed by atoms with Crippen LogP contribution >= 0.6 is 11.3 Å². The Kier molecular flexibility index (Phi) is 4.49. The van der Waals surface area contributed by atoms with E-state index in [1.54, 1.807) is 30.7 Å². The van der Waals surface area contributed by atoms with Crippen LogP contribution in [0.25, 0.3) is 11.3 Å². The lowest BCUT2D eigenvalue weighted by Gasteiger charge is -2.00. The molecular weight excluding hydrogens is 312 g/mol. The van der Waals surface area contributed by atoms with Crippen molar-refractivity contribution in [2.45, 2.75) is 0 Å². The standard InChI is InChI=1S/C16H14N4O2S/c1-22-12-5-2-4-11(8-12)14-9-15(19-18-14)16(21)20-17-10-13-6-3-7-23-13/h2-10H,1H3,(H,18,19)(H,20,21). The van der Waals surface area contributed by atoms with Crippen molar-refractivity contribution < 1.29 is 9.53 Å². The molecule has 1 amide bonds. The molecule has 0 spiro atoms. The SMILES string of the molecule is COc1cccc(-c2cc(C(=O)NN=Cc3cccs3)[nH]n2)c1. The molecule has 0 aliphatic rings. The van der Waals surface area contributed by atoms with E-state index in [-0.39, 0.29) is 5.91 Å². The van der Waals surface area contributed by atoms with Crippen molar-refractivity contribution in [2.24, 2.45) is 5.10 Å². The second-order valence-electron chi connectivity index (χ2n) is 4.61. The molecule has 0 saturated heterocycles. The molecule has 6 nitrogen and oxygen atoms in total. The lowest BCUT2D eigenvalue weighted by molar-refractivity contribution is 0.0950. The maximum absolute atomic E-state index is 12.0. The Bertz CT molecular complexity index is 824. The minimum absolute atomic E-state index is 0.339. The highest BCUT2D eigenvalue weighted by atomic mass is 32.1. The van der Waals surface area contributed by atoms with E-state index in [2.05, 4.69) is 20.7 Å². The van der Waals surface area contributed by atoms with E-state index in [9.17, 15) is 4.79 Å². The number of carbonyl (C=O) groups is 1. The molecule has 2 aromatic heterocycles. The molecule has 116 valence electrons. The topological polar surface area (TPSA) is 79.4 Å². The molecular formula is C16H14N4O2S. The van der Waals surface area contributed by atoms with E-state index >= 15 is 0 Å². The predicted molar refractivity (Wildman–Crippen MR) is 90.0 cm³/mol. The molecule has 0 radical (unpaired) electrons. The number of carbonyl (C=O) groups excluding carboxylic acids is 1. The number of aromatic nitrogens is 2. The van der Waals surface area contributed by atoms with Gasteiger partial charge in [0.05, 0.1) is 19.0 Å². The molecule has 0 aliphatic carbocycles. The van der Waals surface area contributed by atoms with E-state index in [1.807, 2.05) is 41.8 Å². The highest BCUT2D eigenvalue weighted by Gasteiger charge is 2.10. The van der Waals surface area contributed by atoms with Crippen LogP contribution < -0.4 is 10.2 Å². The van der Waals surface area contributed by atoms with Gasteiger partial charge in [-0.1, -0.05) is 18.2 Å². The average Bonchev–Trinajstić information content (AvgIpc) is 3.26. The van der Waals surface area contributed by atoms with Gasteiger partial charge in [0.25, 0.3) is 5.91 Å². The summed E-state index contributed by atoms with van der Waals surface area (Å²) in [6, 6.07) is 13.0. The number of methoxy groups -OCH3 is 1. The van der Waals surface area contributed by atoms with Crippen LogP contribution in [0.5, 0.6) is 5.75 Å². The Balaban J connectivity index is 1.69. The molecule has 0 unspecified atom stereocenters. The van der Waals surface area contributed by atoms with E-state index in [0.29, 0.717) is 11.4 Å². The number of H-pyrrole nitrogens is 1. The monoisotopic (exact) mass is 326 g/mol. The largest absolute Gasteiger partial charge is 0.497 e. The molecule has 0 saturated carbocycles. The van der Waals surface area contributed by atoms with E-state index < -0.39 is 0 Å². The fraction of sp³-hybridized carbons (Fsp3) is 0.0625. The Morgan fingerprint density at radius 3 is 3.04 bits per heavy atom. The lowest BCUT2D eigenvalue weighted by Crippen LogP contribution is -2.17. The van der Waals surface area contributed by atoms with Crippen LogP contribution in [0.4, 0.5) is 0 Å². The summed E-state index contributed by atoms with van der Waals surface area (Å²) < 4.78 is 5.18. The number of hydrogen-bond donors (Lipinski definition) is 2. The first-order chi connectivity index (χ1) is 11.3. The summed E-state index contributed by atoms with van der Waals surface area (Å²) in [6.45, 7) is 0. The first-order valence-corrected chi connectivity index (χ1v) is 7.71. The summed E-state index contributed by atoms with van der Waals surface area (Å²) in [5, 5.41) is 12.7. The van der Waals surface area contributed by atoms with Gasteiger partial charge >= 0.3 is 0 Å². The van der Waals surface area contributed by atoms with Crippen molar-refractivity contribution in [1.29, 1.82) is 0 Å². The summed E-state index contributed by atoms with van der Waals surface area (Å²) in [5.74, 6) is 0.386. The van der Waals surface area contributed by atoms with E-state index in [1.165, 1.54) is 0 Å². The van der Waals surface area contributed by atoms with Crippen LogP contribution in [0, 0.1) is 0 Å². The number of amides is 1. The zero-order valence-corrected chi connectivity index (χ0v) is 13.1. The maximum atomic E-state index is 12.0. The molecule has 0 aliphatic heterocycles. The Hall–Kier alpha value is -2.93. The number of nitrogens with one attached hydrogen (secondary N) is 2. The third kappa shape index (κ3) is 3.64. The normalized spacial score (nSPS) is 10.8. The Morgan fingerprint density at radius 2 is 2.26 bits per heavy atom. The second kappa shape index (κ2) is 6.89. The molecule has 0 bridgehead atoms. The van der Waals surface area contributed by atoms with Crippen molar-refractivity contribution in [3.63, 3.8) is 0 Å². The molecule has 3 rings (SSSR count). The molecule has 23 heavy (non-hydrogen) atoms. The summed E-state index contributed by atoms with van der Waals surface area (Å²) in [4.78, 5) is 13.0.